The summed E-state index contributed by atoms with van der Waals surface area (Å²) in [6.07, 6.45) is 2.55. The molecular weight excluding hydrogens is 335 g/mol. The molecule has 1 aromatic carbocycles. The van der Waals surface area contributed by atoms with E-state index in [4.69, 9.17) is 0 Å². The molecule has 7 heteroatoms. The molecule has 140 valence electrons. The number of benzene rings is 1. The Hall–Kier alpha value is -2.41. The van der Waals surface area contributed by atoms with Crippen molar-refractivity contribution in [2.75, 3.05) is 26.2 Å². The van der Waals surface area contributed by atoms with Gasteiger partial charge in [-0.2, -0.15) is 0 Å². The monoisotopic (exact) mass is 360 g/mol. The van der Waals surface area contributed by atoms with Crippen LogP contribution in [-0.4, -0.2) is 53.9 Å². The minimum absolute atomic E-state index is 0.0552. The van der Waals surface area contributed by atoms with Crippen LogP contribution in [0.15, 0.2) is 24.3 Å². The van der Waals surface area contributed by atoms with Crippen molar-refractivity contribution in [1.29, 1.82) is 0 Å². The minimum Gasteiger partial charge on any atom is -0.355 e. The number of carbonyl (C=O) groups is 2. The van der Waals surface area contributed by atoms with Crippen molar-refractivity contribution in [3.63, 3.8) is 0 Å². The van der Waals surface area contributed by atoms with Gasteiger partial charge in [0.05, 0.1) is 6.54 Å². The second kappa shape index (κ2) is 8.31. The predicted molar refractivity (Wildman–Crippen MR) is 98.5 cm³/mol. The molecule has 2 heterocycles. The summed E-state index contributed by atoms with van der Waals surface area (Å²) in [5.74, 6) is -0.445. The molecule has 1 fully saturated rings. The molecule has 3 N–H and O–H groups in total. The highest BCUT2D eigenvalue weighted by atomic mass is 19.1. The normalized spacial score (nSPS) is 15.9. The molecule has 0 radical (unpaired) electrons. The van der Waals surface area contributed by atoms with Gasteiger partial charge in [-0.3, -0.25) is 14.5 Å². The van der Waals surface area contributed by atoms with E-state index in [-0.39, 0.29) is 23.7 Å². The third kappa shape index (κ3) is 4.60. The lowest BCUT2D eigenvalue weighted by molar-refractivity contribution is -0.122. The van der Waals surface area contributed by atoms with E-state index in [0.29, 0.717) is 24.2 Å². The quantitative estimate of drug-likeness (QED) is 0.738. The molecule has 0 bridgehead atoms. The van der Waals surface area contributed by atoms with E-state index < -0.39 is 0 Å². The zero-order valence-corrected chi connectivity index (χ0v) is 15.0. The topological polar surface area (TPSA) is 77.2 Å². The molecule has 1 aromatic heterocycles. The number of nitrogens with zero attached hydrogens (tertiary/aromatic N) is 1. The fourth-order valence-corrected chi connectivity index (χ4v) is 3.25. The van der Waals surface area contributed by atoms with Crippen molar-refractivity contribution in [1.82, 2.24) is 20.5 Å². The number of rotatable bonds is 6. The number of hydrogen-bond acceptors (Lipinski definition) is 3. The minimum atomic E-state index is -0.321. The van der Waals surface area contributed by atoms with Crippen LogP contribution in [0.5, 0.6) is 0 Å². The highest BCUT2D eigenvalue weighted by Gasteiger charge is 2.23. The molecule has 3 rings (SSSR count). The average molecular weight is 360 g/mol. The Labute approximate surface area is 152 Å². The van der Waals surface area contributed by atoms with Crippen molar-refractivity contribution in [2.45, 2.75) is 32.2 Å². The Balaban J connectivity index is 1.49. The molecule has 0 atom stereocenters. The second-order valence-electron chi connectivity index (χ2n) is 6.79. The fraction of sp³-hybridized carbons (Fsp3) is 0.474. The number of halogens is 1. The first-order valence-corrected chi connectivity index (χ1v) is 9.13. The van der Waals surface area contributed by atoms with E-state index in [9.17, 15) is 14.0 Å². The molecule has 1 aliphatic heterocycles. The van der Waals surface area contributed by atoms with Gasteiger partial charge >= 0.3 is 0 Å². The Morgan fingerprint density at radius 3 is 2.77 bits per heavy atom. The first-order chi connectivity index (χ1) is 12.5. The molecule has 1 aliphatic rings. The summed E-state index contributed by atoms with van der Waals surface area (Å²) >= 11 is 0. The van der Waals surface area contributed by atoms with Gasteiger partial charge in [-0.15, -0.1) is 0 Å². The van der Waals surface area contributed by atoms with E-state index >= 15 is 0 Å². The van der Waals surface area contributed by atoms with Crippen molar-refractivity contribution >= 4 is 22.7 Å². The van der Waals surface area contributed by atoms with Crippen LogP contribution in [0.2, 0.25) is 0 Å². The molecule has 1 saturated heterocycles. The van der Waals surface area contributed by atoms with Gasteiger partial charge in [0.1, 0.15) is 11.5 Å². The maximum atomic E-state index is 13.3. The van der Waals surface area contributed by atoms with E-state index in [1.807, 2.05) is 6.92 Å². The SMILES string of the molecule is CCCNC(=O)CN1CCC(NC(=O)c2cc3cc(F)ccc3[nH]2)CC1. The van der Waals surface area contributed by atoms with Gasteiger partial charge in [-0.1, -0.05) is 6.92 Å². The van der Waals surface area contributed by atoms with Crippen LogP contribution in [-0.2, 0) is 4.79 Å². The number of H-pyrrole nitrogens is 1. The smallest absolute Gasteiger partial charge is 0.267 e. The van der Waals surface area contributed by atoms with Crippen LogP contribution < -0.4 is 10.6 Å². The molecule has 26 heavy (non-hydrogen) atoms. The van der Waals surface area contributed by atoms with Gasteiger partial charge < -0.3 is 15.6 Å². The predicted octanol–water partition coefficient (Wildman–Crippen LogP) is 2.03. The molecule has 0 unspecified atom stereocenters. The van der Waals surface area contributed by atoms with Crippen LogP contribution >= 0.6 is 0 Å². The molecule has 0 aliphatic carbocycles. The highest BCUT2D eigenvalue weighted by Crippen LogP contribution is 2.17. The lowest BCUT2D eigenvalue weighted by Crippen LogP contribution is -2.47. The summed E-state index contributed by atoms with van der Waals surface area (Å²) in [5.41, 5.74) is 1.18. The summed E-state index contributed by atoms with van der Waals surface area (Å²) in [6.45, 7) is 4.71. The second-order valence-corrected chi connectivity index (χ2v) is 6.79. The van der Waals surface area contributed by atoms with Gasteiger partial charge in [0.15, 0.2) is 0 Å². The number of amides is 2. The number of likely N-dealkylation sites (tertiary alicyclic amines) is 1. The van der Waals surface area contributed by atoms with Crippen LogP contribution in [0.25, 0.3) is 10.9 Å². The number of carbonyl (C=O) groups excluding carboxylic acids is 2. The number of piperidine rings is 1. The van der Waals surface area contributed by atoms with Crippen LogP contribution in [0.4, 0.5) is 4.39 Å². The van der Waals surface area contributed by atoms with Crippen molar-refractivity contribution in [3.8, 4) is 0 Å². The zero-order valence-electron chi connectivity index (χ0n) is 15.0. The average Bonchev–Trinajstić information content (AvgIpc) is 3.05. The molecule has 2 aromatic rings. The third-order valence-corrected chi connectivity index (χ3v) is 4.69. The summed E-state index contributed by atoms with van der Waals surface area (Å²) in [5, 5.41) is 6.59. The zero-order chi connectivity index (χ0) is 18.5. The number of aromatic amines is 1. The van der Waals surface area contributed by atoms with E-state index in [1.165, 1.54) is 12.1 Å². The maximum Gasteiger partial charge on any atom is 0.267 e. The Morgan fingerprint density at radius 1 is 1.27 bits per heavy atom. The Bertz CT molecular complexity index is 781. The van der Waals surface area contributed by atoms with Gasteiger partial charge in [-0.25, -0.2) is 4.39 Å². The van der Waals surface area contributed by atoms with Crippen molar-refractivity contribution in [3.05, 3.63) is 35.8 Å². The largest absolute Gasteiger partial charge is 0.355 e. The number of nitrogens with one attached hydrogen (secondary N) is 3. The number of hydrogen-bond donors (Lipinski definition) is 3. The molecule has 0 spiro atoms. The first kappa shape index (κ1) is 18.4. The number of fused-ring (bicyclic) bond motifs is 1. The maximum absolute atomic E-state index is 13.3. The summed E-state index contributed by atoms with van der Waals surface area (Å²) in [6, 6.07) is 6.16. The van der Waals surface area contributed by atoms with Gasteiger partial charge in [-0.05, 0) is 43.5 Å². The molecule has 2 amide bonds. The molecule has 0 saturated carbocycles. The Morgan fingerprint density at radius 2 is 2.04 bits per heavy atom. The van der Waals surface area contributed by atoms with Gasteiger partial charge in [0.2, 0.25) is 5.91 Å². The van der Waals surface area contributed by atoms with Crippen LogP contribution in [0, 0.1) is 5.82 Å². The molecule has 6 nitrogen and oxygen atoms in total. The highest BCUT2D eigenvalue weighted by molar-refractivity contribution is 5.98. The summed E-state index contributed by atoms with van der Waals surface area (Å²) in [4.78, 5) is 29.3. The molecular formula is C19H25FN4O2. The van der Waals surface area contributed by atoms with E-state index in [2.05, 4.69) is 20.5 Å². The lowest BCUT2D eigenvalue weighted by Gasteiger charge is -2.31. The van der Waals surface area contributed by atoms with Gasteiger partial charge in [0.25, 0.3) is 5.91 Å². The first-order valence-electron chi connectivity index (χ1n) is 9.13. The fourth-order valence-electron chi connectivity index (χ4n) is 3.25. The van der Waals surface area contributed by atoms with E-state index in [1.54, 1.807) is 12.1 Å². The summed E-state index contributed by atoms with van der Waals surface area (Å²) in [7, 11) is 0. The van der Waals surface area contributed by atoms with Gasteiger partial charge in [0, 0.05) is 36.6 Å². The van der Waals surface area contributed by atoms with E-state index in [0.717, 1.165) is 37.9 Å². The van der Waals surface area contributed by atoms with Crippen molar-refractivity contribution in [2.24, 2.45) is 0 Å². The lowest BCUT2D eigenvalue weighted by atomic mass is 10.0. The van der Waals surface area contributed by atoms with Crippen LogP contribution in [0.3, 0.4) is 0 Å². The van der Waals surface area contributed by atoms with Crippen LogP contribution in [0.1, 0.15) is 36.7 Å². The summed E-state index contributed by atoms with van der Waals surface area (Å²) < 4.78 is 13.3. The third-order valence-electron chi connectivity index (χ3n) is 4.69. The standard InChI is InChI=1S/C19H25FN4O2/c1-2-7-21-18(25)12-24-8-5-15(6-9-24)22-19(26)17-11-13-10-14(20)3-4-16(13)23-17/h3-4,10-11,15,23H,2,5-9,12H2,1H3,(H,21,25)(H,22,26). The Kier molecular flexibility index (Phi) is 5.88. The van der Waals surface area contributed by atoms with Crippen molar-refractivity contribution < 1.29 is 14.0 Å². The number of aromatic nitrogens is 1.